The minimum Gasteiger partial charge on any atom is -0.494 e. The van der Waals surface area contributed by atoms with E-state index >= 15 is 0 Å². The fourth-order valence-corrected chi connectivity index (χ4v) is 3.38. The van der Waals surface area contributed by atoms with Crippen LogP contribution in [0.25, 0.3) is 0 Å². The average molecular weight is 448 g/mol. The Morgan fingerprint density at radius 2 is 1.61 bits per heavy atom. The van der Waals surface area contributed by atoms with Gasteiger partial charge in [-0.2, -0.15) is 0 Å². The Morgan fingerprint density at radius 1 is 1.00 bits per heavy atom. The number of hydrogen-bond donors (Lipinski definition) is 2. The average Bonchev–Trinajstić information content (AvgIpc) is 2.67. The molecular weight excluding hydrogens is 423 g/mol. The van der Waals surface area contributed by atoms with Crippen LogP contribution in [-0.2, 0) is 5.41 Å². The van der Waals surface area contributed by atoms with Crippen molar-refractivity contribution in [2.45, 2.75) is 31.8 Å². The third-order valence-electron chi connectivity index (χ3n) is 4.47. The van der Waals surface area contributed by atoms with Crippen molar-refractivity contribution in [3.05, 3.63) is 57.6 Å². The fraction of sp³-hybridized carbons (Fsp3) is 0.429. The van der Waals surface area contributed by atoms with Crippen molar-refractivity contribution in [3.63, 3.8) is 0 Å². The molecule has 1 atom stereocenters. The summed E-state index contributed by atoms with van der Waals surface area (Å²) in [6.07, 6.45) is -0.191. The van der Waals surface area contributed by atoms with E-state index in [1.54, 1.807) is 12.1 Å². The van der Waals surface area contributed by atoms with Crippen LogP contribution in [0.3, 0.4) is 0 Å². The molecule has 2 aromatic carbocycles. The quantitative estimate of drug-likeness (QED) is 0.395. The van der Waals surface area contributed by atoms with Crippen LogP contribution in [0.15, 0.2) is 36.4 Å². The Kier molecular flexibility index (Phi) is 8.72. The van der Waals surface area contributed by atoms with Gasteiger partial charge in [-0.15, -0.1) is 11.6 Å². The molecule has 154 valence electrons. The first-order valence-corrected chi connectivity index (χ1v) is 10.3. The van der Waals surface area contributed by atoms with Crippen molar-refractivity contribution >= 4 is 34.8 Å². The van der Waals surface area contributed by atoms with E-state index in [1.807, 2.05) is 24.3 Å². The van der Waals surface area contributed by atoms with Gasteiger partial charge in [0.1, 0.15) is 18.5 Å². The smallest absolute Gasteiger partial charge is 0.156 e. The van der Waals surface area contributed by atoms with Gasteiger partial charge >= 0.3 is 0 Å². The van der Waals surface area contributed by atoms with E-state index in [2.05, 4.69) is 13.8 Å². The molecule has 2 rings (SSSR count). The van der Waals surface area contributed by atoms with Gasteiger partial charge in [0, 0.05) is 11.3 Å². The normalized spacial score (nSPS) is 12.7. The monoisotopic (exact) mass is 446 g/mol. The van der Waals surface area contributed by atoms with E-state index in [-0.39, 0.29) is 12.0 Å². The van der Waals surface area contributed by atoms with Gasteiger partial charge in [-0.1, -0.05) is 49.2 Å². The Labute approximate surface area is 180 Å². The van der Waals surface area contributed by atoms with Gasteiger partial charge in [0.25, 0.3) is 0 Å². The fourth-order valence-electron chi connectivity index (χ4n) is 2.67. The molecule has 0 saturated carbocycles. The van der Waals surface area contributed by atoms with E-state index in [4.69, 9.17) is 49.4 Å². The summed E-state index contributed by atoms with van der Waals surface area (Å²) in [5.74, 6) is 1.66. The van der Waals surface area contributed by atoms with Crippen LogP contribution in [0.4, 0.5) is 0 Å². The van der Waals surface area contributed by atoms with Gasteiger partial charge in [-0.3, -0.25) is 0 Å². The van der Waals surface area contributed by atoms with Crippen LogP contribution in [0, 0.1) is 0 Å². The van der Waals surface area contributed by atoms with Crippen LogP contribution in [0.2, 0.25) is 10.0 Å². The first kappa shape index (κ1) is 23.1. The molecule has 0 amide bonds. The van der Waals surface area contributed by atoms with Crippen LogP contribution in [0.1, 0.15) is 31.4 Å². The summed E-state index contributed by atoms with van der Waals surface area (Å²) in [4.78, 5) is 0. The molecule has 2 N–H and O–H groups in total. The zero-order valence-corrected chi connectivity index (χ0v) is 18.2. The predicted molar refractivity (Wildman–Crippen MR) is 114 cm³/mol. The number of rotatable bonds is 10. The number of ether oxygens (including phenoxy) is 2. The molecule has 0 aliphatic carbocycles. The maximum absolute atomic E-state index is 9.45. The number of alkyl halides is 1. The van der Waals surface area contributed by atoms with E-state index in [9.17, 15) is 5.11 Å². The second-order valence-corrected chi connectivity index (χ2v) is 8.15. The lowest BCUT2D eigenvalue weighted by Gasteiger charge is -2.27. The van der Waals surface area contributed by atoms with Crippen molar-refractivity contribution in [3.8, 4) is 11.5 Å². The Bertz CT molecular complexity index is 740. The summed E-state index contributed by atoms with van der Waals surface area (Å²) in [7, 11) is 0. The molecule has 0 aliphatic heterocycles. The zero-order chi connectivity index (χ0) is 20.7. The van der Waals surface area contributed by atoms with Crippen molar-refractivity contribution in [2.75, 3.05) is 25.7 Å². The van der Waals surface area contributed by atoms with Gasteiger partial charge in [0.15, 0.2) is 5.75 Å². The summed E-state index contributed by atoms with van der Waals surface area (Å²) in [5, 5.41) is 19.0. The van der Waals surface area contributed by atoms with E-state index < -0.39 is 12.7 Å². The van der Waals surface area contributed by atoms with Gasteiger partial charge < -0.3 is 19.7 Å². The highest BCUT2D eigenvalue weighted by Crippen LogP contribution is 2.40. The van der Waals surface area contributed by atoms with E-state index in [0.29, 0.717) is 28.3 Å². The first-order chi connectivity index (χ1) is 13.3. The summed E-state index contributed by atoms with van der Waals surface area (Å²) in [5.41, 5.74) is 1.65. The lowest BCUT2D eigenvalue weighted by molar-refractivity contribution is 0.0536. The Balaban J connectivity index is 2.20. The Hall–Kier alpha value is -1.17. The van der Waals surface area contributed by atoms with Crippen molar-refractivity contribution in [1.29, 1.82) is 0 Å². The van der Waals surface area contributed by atoms with Crippen molar-refractivity contribution < 1.29 is 19.7 Å². The Morgan fingerprint density at radius 3 is 2.14 bits per heavy atom. The molecule has 0 heterocycles. The molecule has 0 spiro atoms. The standard InChI is InChI=1S/C21H25Cl3O4/c1-21(2,14-4-6-17(7-5-14)27-9-3-8-22)15-10-18(23)20(19(24)11-15)28-13-16(26)12-25/h4-7,10-11,16,25-26H,3,8-9,12-13H2,1-2H3. The topological polar surface area (TPSA) is 58.9 Å². The molecule has 0 radical (unpaired) electrons. The van der Waals surface area contributed by atoms with Crippen LogP contribution in [0.5, 0.6) is 11.5 Å². The van der Waals surface area contributed by atoms with Gasteiger partial charge in [-0.05, 0) is 41.8 Å². The van der Waals surface area contributed by atoms with Gasteiger partial charge in [0.2, 0.25) is 0 Å². The molecule has 2 aromatic rings. The molecule has 0 saturated heterocycles. The molecule has 0 fully saturated rings. The molecule has 1 unspecified atom stereocenters. The third-order valence-corrected chi connectivity index (χ3v) is 5.30. The number of aliphatic hydroxyl groups is 2. The number of halogens is 3. The zero-order valence-electron chi connectivity index (χ0n) is 15.9. The summed E-state index contributed by atoms with van der Waals surface area (Å²) >= 11 is 18.4. The van der Waals surface area contributed by atoms with Crippen LogP contribution in [-0.4, -0.2) is 42.0 Å². The predicted octanol–water partition coefficient (Wildman–Crippen LogP) is 5.06. The summed E-state index contributed by atoms with van der Waals surface area (Å²) in [6, 6.07) is 11.5. The van der Waals surface area contributed by atoms with Gasteiger partial charge in [0.05, 0.1) is 23.3 Å². The SMILES string of the molecule is CC(C)(c1ccc(OCCCCl)cc1)c1cc(Cl)c(OCC(O)CO)c(Cl)c1. The number of hydrogen-bond acceptors (Lipinski definition) is 4. The molecular formula is C21H25Cl3O4. The van der Waals surface area contributed by atoms with Crippen LogP contribution >= 0.6 is 34.8 Å². The van der Waals surface area contributed by atoms with Gasteiger partial charge in [-0.25, -0.2) is 0 Å². The second-order valence-electron chi connectivity index (χ2n) is 6.96. The minimum atomic E-state index is -0.992. The maximum atomic E-state index is 9.45. The van der Waals surface area contributed by atoms with E-state index in [0.717, 1.165) is 23.3 Å². The highest BCUT2D eigenvalue weighted by Gasteiger charge is 2.26. The summed E-state index contributed by atoms with van der Waals surface area (Å²) < 4.78 is 11.1. The van der Waals surface area contributed by atoms with E-state index in [1.165, 1.54) is 0 Å². The lowest BCUT2D eigenvalue weighted by atomic mass is 9.78. The maximum Gasteiger partial charge on any atom is 0.156 e. The van der Waals surface area contributed by atoms with Crippen molar-refractivity contribution in [1.82, 2.24) is 0 Å². The van der Waals surface area contributed by atoms with Crippen molar-refractivity contribution in [2.24, 2.45) is 0 Å². The minimum absolute atomic E-state index is 0.0934. The molecule has 4 nitrogen and oxygen atoms in total. The number of aliphatic hydroxyl groups excluding tert-OH is 2. The highest BCUT2D eigenvalue weighted by molar-refractivity contribution is 6.37. The molecule has 7 heteroatoms. The molecule has 28 heavy (non-hydrogen) atoms. The first-order valence-electron chi connectivity index (χ1n) is 9.00. The second kappa shape index (κ2) is 10.6. The molecule has 0 bridgehead atoms. The number of benzene rings is 2. The molecule has 0 aromatic heterocycles. The molecule has 0 aliphatic rings. The third kappa shape index (κ3) is 5.91. The largest absolute Gasteiger partial charge is 0.494 e. The summed E-state index contributed by atoms with van der Waals surface area (Å²) in [6.45, 7) is 4.25. The van der Waals surface area contributed by atoms with Crippen LogP contribution < -0.4 is 9.47 Å². The lowest BCUT2D eigenvalue weighted by Crippen LogP contribution is -2.22. The highest BCUT2D eigenvalue weighted by atomic mass is 35.5.